The lowest BCUT2D eigenvalue weighted by molar-refractivity contribution is -0.140. The van der Waals surface area contributed by atoms with E-state index >= 15 is 0 Å². The molecule has 1 aromatic carbocycles. The summed E-state index contributed by atoms with van der Waals surface area (Å²) in [7, 11) is 0. The molecule has 1 atom stereocenters. The first-order valence-corrected chi connectivity index (χ1v) is 6.02. The first-order chi connectivity index (χ1) is 9.44. The molecule has 0 bridgehead atoms. The number of benzene rings is 1. The molecule has 1 heterocycles. The highest BCUT2D eigenvalue weighted by Crippen LogP contribution is 2.29. The Kier molecular flexibility index (Phi) is 4.44. The zero-order valence-electron chi connectivity index (χ0n) is 10.5. The van der Waals surface area contributed by atoms with E-state index in [4.69, 9.17) is 4.42 Å². The highest BCUT2D eigenvalue weighted by Gasteiger charge is 2.32. The Balaban J connectivity index is 2.09. The first kappa shape index (κ1) is 14.6. The van der Waals surface area contributed by atoms with E-state index in [9.17, 15) is 17.6 Å². The van der Waals surface area contributed by atoms with Crippen molar-refractivity contribution in [2.45, 2.75) is 25.2 Å². The molecule has 0 aliphatic heterocycles. The van der Waals surface area contributed by atoms with E-state index in [0.29, 0.717) is 11.3 Å². The highest BCUT2D eigenvalue weighted by molar-refractivity contribution is 5.20. The summed E-state index contributed by atoms with van der Waals surface area (Å²) >= 11 is 0. The van der Waals surface area contributed by atoms with Gasteiger partial charge in [0.2, 0.25) is 0 Å². The fraction of sp³-hybridized carbons (Fsp3) is 0.286. The number of rotatable bonds is 5. The minimum absolute atomic E-state index is 0.172. The van der Waals surface area contributed by atoms with Gasteiger partial charge in [-0.1, -0.05) is 12.1 Å². The monoisotopic (exact) mass is 287 g/mol. The van der Waals surface area contributed by atoms with Crippen LogP contribution in [-0.2, 0) is 6.54 Å². The SMILES string of the molecule is Fc1ccc([C@@H](CC(F)(F)F)NCc2ccco2)cc1. The summed E-state index contributed by atoms with van der Waals surface area (Å²) in [5.74, 6) is 0.0600. The summed E-state index contributed by atoms with van der Waals surface area (Å²) in [6, 6.07) is 7.37. The molecule has 0 amide bonds. The Labute approximate surface area is 113 Å². The van der Waals surface area contributed by atoms with E-state index in [2.05, 4.69) is 5.32 Å². The molecular weight excluding hydrogens is 274 g/mol. The Bertz CT molecular complexity index is 519. The fourth-order valence-corrected chi connectivity index (χ4v) is 1.87. The molecule has 1 N–H and O–H groups in total. The van der Waals surface area contributed by atoms with Gasteiger partial charge in [-0.05, 0) is 29.8 Å². The smallest absolute Gasteiger partial charge is 0.390 e. The maximum atomic E-state index is 12.8. The number of hydrogen-bond acceptors (Lipinski definition) is 2. The predicted molar refractivity (Wildman–Crippen MR) is 65.4 cm³/mol. The van der Waals surface area contributed by atoms with Crippen molar-refractivity contribution in [3.8, 4) is 0 Å². The zero-order valence-corrected chi connectivity index (χ0v) is 10.5. The molecule has 2 aromatic rings. The second-order valence-corrected chi connectivity index (χ2v) is 4.38. The van der Waals surface area contributed by atoms with Crippen LogP contribution in [0, 0.1) is 5.82 Å². The topological polar surface area (TPSA) is 25.2 Å². The summed E-state index contributed by atoms with van der Waals surface area (Å²) in [6.07, 6.45) is -3.89. The summed E-state index contributed by atoms with van der Waals surface area (Å²) in [6.45, 7) is 0.172. The summed E-state index contributed by atoms with van der Waals surface area (Å²) in [5.41, 5.74) is 0.385. The van der Waals surface area contributed by atoms with Gasteiger partial charge < -0.3 is 9.73 Å². The lowest BCUT2D eigenvalue weighted by Gasteiger charge is -2.20. The van der Waals surface area contributed by atoms with Crippen LogP contribution in [0.15, 0.2) is 47.1 Å². The van der Waals surface area contributed by atoms with Crippen LogP contribution in [0.4, 0.5) is 17.6 Å². The molecule has 108 valence electrons. The molecule has 0 aliphatic carbocycles. The molecule has 0 unspecified atom stereocenters. The van der Waals surface area contributed by atoms with Gasteiger partial charge in [0.25, 0.3) is 0 Å². The van der Waals surface area contributed by atoms with Gasteiger partial charge in [-0.25, -0.2) is 4.39 Å². The largest absolute Gasteiger partial charge is 0.468 e. The van der Waals surface area contributed by atoms with Gasteiger partial charge in [0.05, 0.1) is 19.2 Å². The maximum absolute atomic E-state index is 12.8. The Hall–Kier alpha value is -1.82. The van der Waals surface area contributed by atoms with Crippen molar-refractivity contribution >= 4 is 0 Å². The van der Waals surface area contributed by atoms with E-state index in [-0.39, 0.29) is 6.54 Å². The third-order valence-corrected chi connectivity index (χ3v) is 2.81. The summed E-state index contributed by atoms with van der Waals surface area (Å²) in [4.78, 5) is 0. The lowest BCUT2D eigenvalue weighted by atomic mass is 10.0. The first-order valence-electron chi connectivity index (χ1n) is 6.02. The van der Waals surface area contributed by atoms with Crippen molar-refractivity contribution in [3.05, 3.63) is 59.8 Å². The van der Waals surface area contributed by atoms with Gasteiger partial charge >= 0.3 is 6.18 Å². The predicted octanol–water partition coefficient (Wildman–Crippen LogP) is 4.20. The van der Waals surface area contributed by atoms with Crippen LogP contribution in [0.5, 0.6) is 0 Å². The second kappa shape index (κ2) is 6.09. The minimum atomic E-state index is -4.31. The van der Waals surface area contributed by atoms with E-state index in [1.54, 1.807) is 12.1 Å². The van der Waals surface area contributed by atoms with Crippen LogP contribution < -0.4 is 5.32 Å². The second-order valence-electron chi connectivity index (χ2n) is 4.38. The van der Waals surface area contributed by atoms with Gasteiger partial charge in [0.15, 0.2) is 0 Å². The van der Waals surface area contributed by atoms with Crippen molar-refractivity contribution in [1.29, 1.82) is 0 Å². The summed E-state index contributed by atoms with van der Waals surface area (Å²) in [5, 5.41) is 2.78. The standard InChI is InChI=1S/C14H13F4NO/c15-11-5-3-10(4-6-11)13(8-14(16,17)18)19-9-12-2-1-7-20-12/h1-7,13,19H,8-9H2/t13-/m1/s1. The van der Waals surface area contributed by atoms with Crippen LogP contribution in [0.25, 0.3) is 0 Å². The Morgan fingerprint density at radius 3 is 2.35 bits per heavy atom. The normalized spacial score (nSPS) is 13.4. The van der Waals surface area contributed by atoms with E-state index in [1.807, 2.05) is 0 Å². The van der Waals surface area contributed by atoms with Crippen LogP contribution in [-0.4, -0.2) is 6.18 Å². The molecule has 6 heteroatoms. The average molecular weight is 287 g/mol. The third kappa shape index (κ3) is 4.38. The molecule has 2 nitrogen and oxygen atoms in total. The molecule has 1 aromatic heterocycles. The molecule has 0 radical (unpaired) electrons. The fourth-order valence-electron chi connectivity index (χ4n) is 1.87. The van der Waals surface area contributed by atoms with Crippen LogP contribution in [0.1, 0.15) is 23.8 Å². The van der Waals surface area contributed by atoms with E-state index in [0.717, 1.165) is 12.1 Å². The van der Waals surface area contributed by atoms with E-state index < -0.39 is 24.5 Å². The molecule has 0 aliphatic rings. The minimum Gasteiger partial charge on any atom is -0.468 e. The Morgan fingerprint density at radius 2 is 1.80 bits per heavy atom. The molecule has 0 saturated carbocycles. The zero-order chi connectivity index (χ0) is 14.6. The van der Waals surface area contributed by atoms with Crippen molar-refractivity contribution < 1.29 is 22.0 Å². The van der Waals surface area contributed by atoms with Crippen molar-refractivity contribution in [1.82, 2.24) is 5.32 Å². The van der Waals surface area contributed by atoms with Crippen LogP contribution in [0.3, 0.4) is 0 Å². The maximum Gasteiger partial charge on any atom is 0.390 e. The third-order valence-electron chi connectivity index (χ3n) is 2.81. The molecule has 20 heavy (non-hydrogen) atoms. The number of halogens is 4. The van der Waals surface area contributed by atoms with Gasteiger partial charge in [-0.3, -0.25) is 0 Å². The Morgan fingerprint density at radius 1 is 1.10 bits per heavy atom. The molecule has 2 rings (SSSR count). The number of alkyl halides is 3. The van der Waals surface area contributed by atoms with Crippen LogP contribution >= 0.6 is 0 Å². The molecule has 0 saturated heterocycles. The van der Waals surface area contributed by atoms with Crippen LogP contribution in [0.2, 0.25) is 0 Å². The molecular formula is C14H13F4NO. The quantitative estimate of drug-likeness (QED) is 0.834. The van der Waals surface area contributed by atoms with Gasteiger partial charge in [0.1, 0.15) is 11.6 Å². The molecule has 0 fully saturated rings. The number of hydrogen-bond donors (Lipinski definition) is 1. The molecule has 0 spiro atoms. The van der Waals surface area contributed by atoms with Gasteiger partial charge in [-0.2, -0.15) is 13.2 Å². The van der Waals surface area contributed by atoms with Crippen molar-refractivity contribution in [3.63, 3.8) is 0 Å². The summed E-state index contributed by atoms with van der Waals surface area (Å²) < 4.78 is 55.7. The number of furan rings is 1. The average Bonchev–Trinajstić information content (AvgIpc) is 2.87. The van der Waals surface area contributed by atoms with Gasteiger partial charge in [-0.15, -0.1) is 0 Å². The van der Waals surface area contributed by atoms with Crippen molar-refractivity contribution in [2.75, 3.05) is 0 Å². The lowest BCUT2D eigenvalue weighted by Crippen LogP contribution is -2.26. The van der Waals surface area contributed by atoms with Crippen molar-refractivity contribution in [2.24, 2.45) is 0 Å². The number of nitrogens with one attached hydrogen (secondary N) is 1. The highest BCUT2D eigenvalue weighted by atomic mass is 19.4. The van der Waals surface area contributed by atoms with Gasteiger partial charge in [0, 0.05) is 6.04 Å². The van der Waals surface area contributed by atoms with E-state index in [1.165, 1.54) is 18.4 Å².